The molecule has 0 bridgehead atoms. The van der Waals surface area contributed by atoms with Crippen LogP contribution in [0.15, 0.2) is 12.3 Å². The summed E-state index contributed by atoms with van der Waals surface area (Å²) in [5.74, 6) is 0. The summed E-state index contributed by atoms with van der Waals surface area (Å²) in [7, 11) is 1.96. The third-order valence-electron chi connectivity index (χ3n) is 2.14. The molecule has 0 amide bonds. The van der Waals surface area contributed by atoms with Crippen LogP contribution in [0.1, 0.15) is 24.6 Å². The molecule has 1 heterocycles. The van der Waals surface area contributed by atoms with Gasteiger partial charge in [0.1, 0.15) is 0 Å². The van der Waals surface area contributed by atoms with Crippen LogP contribution in [-0.4, -0.2) is 10.6 Å². The average molecular weight is 183 g/mol. The van der Waals surface area contributed by atoms with Crippen LogP contribution in [0.3, 0.4) is 0 Å². The number of hydrogen-bond donors (Lipinski definition) is 0. The minimum atomic E-state index is -1.23. The van der Waals surface area contributed by atoms with Gasteiger partial charge in [-0.15, -0.1) is 0 Å². The summed E-state index contributed by atoms with van der Waals surface area (Å²) in [5.41, 5.74) is 2.24. The topological polar surface area (TPSA) is 22.0 Å². The molecule has 0 atom stereocenters. The van der Waals surface area contributed by atoms with E-state index in [1.165, 1.54) is 5.69 Å². The van der Waals surface area contributed by atoms with E-state index in [0.29, 0.717) is 6.42 Å². The van der Waals surface area contributed by atoms with Gasteiger partial charge in [-0.25, -0.2) is 0 Å². The summed E-state index contributed by atoms with van der Waals surface area (Å²) in [5, 5.41) is 0. The van der Waals surface area contributed by atoms with E-state index in [9.17, 15) is 9.18 Å². The van der Waals surface area contributed by atoms with Gasteiger partial charge in [0.15, 0.2) is 0 Å². The minimum absolute atomic E-state index is 0.00678. The molecule has 2 nitrogen and oxygen atoms in total. The lowest BCUT2D eigenvalue weighted by Gasteiger charge is -1.95. The van der Waals surface area contributed by atoms with Gasteiger partial charge in [0, 0.05) is 25.4 Å². The zero-order valence-electron chi connectivity index (χ0n) is 8.01. The lowest BCUT2D eigenvalue weighted by Crippen LogP contribution is -1.91. The highest BCUT2D eigenvalue weighted by molar-refractivity contribution is 5.68. The molecule has 0 saturated carbocycles. The molecule has 0 spiro atoms. The molecule has 0 N–H and O–H groups in total. The molecule has 1 rings (SSSR count). The van der Waals surface area contributed by atoms with Gasteiger partial charge >= 0.3 is 6.04 Å². The van der Waals surface area contributed by atoms with Gasteiger partial charge < -0.3 is 4.57 Å². The lowest BCUT2D eigenvalue weighted by atomic mass is 10.2. The minimum Gasteiger partial charge on any atom is -0.354 e. The zero-order valence-corrected chi connectivity index (χ0v) is 8.01. The molecule has 3 heteroatoms. The van der Waals surface area contributed by atoms with Gasteiger partial charge in [-0.1, -0.05) is 6.92 Å². The number of hydrogen-bond acceptors (Lipinski definition) is 1. The molecular weight excluding hydrogens is 169 g/mol. The monoisotopic (exact) mass is 183 g/mol. The fourth-order valence-corrected chi connectivity index (χ4v) is 1.42. The van der Waals surface area contributed by atoms with E-state index < -0.39 is 6.04 Å². The van der Waals surface area contributed by atoms with Crippen molar-refractivity contribution in [2.75, 3.05) is 0 Å². The van der Waals surface area contributed by atoms with Gasteiger partial charge in [0.25, 0.3) is 0 Å². The van der Waals surface area contributed by atoms with Crippen molar-refractivity contribution in [3.05, 3.63) is 23.5 Å². The molecule has 1 aromatic rings. The predicted molar refractivity (Wildman–Crippen MR) is 49.2 cm³/mol. The fraction of sp³-hybridized carbons (Fsp3) is 0.500. The summed E-state index contributed by atoms with van der Waals surface area (Å²) >= 11 is 0. The number of nitrogens with zero attached hydrogens (tertiary/aromatic N) is 1. The molecule has 0 unspecified atom stereocenters. The molecule has 0 fully saturated rings. The lowest BCUT2D eigenvalue weighted by molar-refractivity contribution is -0.129. The van der Waals surface area contributed by atoms with Crippen molar-refractivity contribution in [3.63, 3.8) is 0 Å². The van der Waals surface area contributed by atoms with E-state index >= 15 is 0 Å². The van der Waals surface area contributed by atoms with Gasteiger partial charge in [0.05, 0.1) is 0 Å². The summed E-state index contributed by atoms with van der Waals surface area (Å²) in [6.07, 6.45) is 3.40. The van der Waals surface area contributed by atoms with Crippen LogP contribution in [-0.2, 0) is 24.7 Å². The van der Waals surface area contributed by atoms with E-state index in [2.05, 4.69) is 6.92 Å². The SMILES string of the molecule is CCc1cc(CCC(=O)F)cn1C. The Hall–Kier alpha value is -1.12. The number of aromatic nitrogens is 1. The molecule has 0 aliphatic heterocycles. The largest absolute Gasteiger partial charge is 0.354 e. The Bertz CT molecular complexity index is 304. The summed E-state index contributed by atoms with van der Waals surface area (Å²) in [6, 6.07) is 0.782. The van der Waals surface area contributed by atoms with Crippen molar-refractivity contribution in [2.45, 2.75) is 26.2 Å². The van der Waals surface area contributed by atoms with Gasteiger partial charge in [-0.2, -0.15) is 4.39 Å². The van der Waals surface area contributed by atoms with E-state index in [1.807, 2.05) is 23.9 Å². The van der Waals surface area contributed by atoms with Crippen LogP contribution in [0.25, 0.3) is 0 Å². The van der Waals surface area contributed by atoms with Crippen LogP contribution < -0.4 is 0 Å². The standard InChI is InChI=1S/C10H14FNO/c1-3-9-6-8(7-12(9)2)4-5-10(11)13/h6-7H,3-5H2,1-2H3. The number of halogens is 1. The normalized spacial score (nSPS) is 10.4. The molecule has 0 saturated heterocycles. The van der Waals surface area contributed by atoms with Crippen LogP contribution in [0.5, 0.6) is 0 Å². The van der Waals surface area contributed by atoms with Crippen molar-refractivity contribution >= 4 is 6.04 Å². The first-order valence-corrected chi connectivity index (χ1v) is 4.46. The van der Waals surface area contributed by atoms with Crippen molar-refractivity contribution in [1.29, 1.82) is 0 Å². The highest BCUT2D eigenvalue weighted by Gasteiger charge is 2.03. The molecule has 1 aromatic heterocycles. The van der Waals surface area contributed by atoms with E-state index in [1.54, 1.807) is 0 Å². The Morgan fingerprint density at radius 3 is 2.77 bits per heavy atom. The smallest absolute Gasteiger partial charge is 0.301 e. The Morgan fingerprint density at radius 2 is 2.31 bits per heavy atom. The van der Waals surface area contributed by atoms with E-state index in [4.69, 9.17) is 0 Å². The molecule has 0 radical (unpaired) electrons. The molecule has 0 aromatic carbocycles. The first-order valence-electron chi connectivity index (χ1n) is 4.46. The van der Waals surface area contributed by atoms with Crippen LogP contribution in [0.4, 0.5) is 4.39 Å². The third kappa shape index (κ3) is 2.68. The summed E-state index contributed by atoms with van der Waals surface area (Å²) in [6.45, 7) is 2.07. The van der Waals surface area contributed by atoms with Crippen molar-refractivity contribution in [1.82, 2.24) is 4.57 Å². The molecular formula is C10H14FNO. The summed E-state index contributed by atoms with van der Waals surface area (Å²) in [4.78, 5) is 10.1. The number of aryl methyl sites for hydroxylation is 3. The van der Waals surface area contributed by atoms with Crippen LogP contribution in [0.2, 0.25) is 0 Å². The third-order valence-corrected chi connectivity index (χ3v) is 2.14. The second-order valence-electron chi connectivity index (χ2n) is 3.16. The molecule has 13 heavy (non-hydrogen) atoms. The van der Waals surface area contributed by atoms with Crippen LogP contribution in [0, 0.1) is 0 Å². The highest BCUT2D eigenvalue weighted by atomic mass is 19.1. The second kappa shape index (κ2) is 4.21. The van der Waals surface area contributed by atoms with Crippen LogP contribution >= 0.6 is 0 Å². The van der Waals surface area contributed by atoms with Gasteiger partial charge in [-0.3, -0.25) is 4.79 Å². The predicted octanol–water partition coefficient (Wildman–Crippen LogP) is 2.02. The highest BCUT2D eigenvalue weighted by Crippen LogP contribution is 2.10. The number of carbonyl (C=O) groups excluding carboxylic acids is 1. The van der Waals surface area contributed by atoms with E-state index in [-0.39, 0.29) is 6.42 Å². The zero-order chi connectivity index (χ0) is 9.84. The maximum absolute atomic E-state index is 11.9. The quantitative estimate of drug-likeness (QED) is 0.654. The van der Waals surface area contributed by atoms with Gasteiger partial charge in [-0.05, 0) is 24.5 Å². The molecule has 0 aliphatic rings. The number of carbonyl (C=O) groups is 1. The Morgan fingerprint density at radius 1 is 1.62 bits per heavy atom. The molecule has 72 valence electrons. The average Bonchev–Trinajstić information content (AvgIpc) is 2.43. The van der Waals surface area contributed by atoms with Crippen molar-refractivity contribution < 1.29 is 9.18 Å². The summed E-state index contributed by atoms with van der Waals surface area (Å²) < 4.78 is 13.9. The van der Waals surface area contributed by atoms with E-state index in [0.717, 1.165) is 12.0 Å². The van der Waals surface area contributed by atoms with Crippen molar-refractivity contribution in [2.24, 2.45) is 7.05 Å². The first-order chi connectivity index (χ1) is 6.13. The maximum atomic E-state index is 11.9. The fourth-order valence-electron chi connectivity index (χ4n) is 1.42. The number of rotatable bonds is 4. The Balaban J connectivity index is 2.62. The van der Waals surface area contributed by atoms with Gasteiger partial charge in [0.2, 0.25) is 0 Å². The maximum Gasteiger partial charge on any atom is 0.301 e. The Labute approximate surface area is 77.4 Å². The second-order valence-corrected chi connectivity index (χ2v) is 3.16. The first kappa shape index (κ1) is 9.96. The Kier molecular flexibility index (Phi) is 3.23. The molecule has 0 aliphatic carbocycles. The van der Waals surface area contributed by atoms with Crippen molar-refractivity contribution in [3.8, 4) is 0 Å².